The van der Waals surface area contributed by atoms with E-state index >= 15 is 0 Å². The predicted molar refractivity (Wildman–Crippen MR) is 41.6 cm³/mol. The standard InChI is InChI=1S/C9H12O2/c1-6(7(2)10)8(11)9(3,4)5/h2-3,6H,1,4-5H3. The maximum atomic E-state index is 11.2. The highest BCUT2D eigenvalue weighted by atomic mass is 16.2. The summed E-state index contributed by atoms with van der Waals surface area (Å²) in [7, 11) is 0. The van der Waals surface area contributed by atoms with Crippen molar-refractivity contribution in [3.8, 4) is 0 Å². The smallest absolute Gasteiger partial charge is 0.148 e. The summed E-state index contributed by atoms with van der Waals surface area (Å²) in [4.78, 5) is 21.7. The Morgan fingerprint density at radius 2 is 1.73 bits per heavy atom. The zero-order valence-corrected chi connectivity index (χ0v) is 7.05. The number of carbonyl (C=O) groups excluding carboxylic acids is 2. The molecule has 0 spiro atoms. The molecule has 1 unspecified atom stereocenters. The number of hydrogen-bond donors (Lipinski definition) is 0. The first kappa shape index (κ1) is 10.3. The first-order valence-electron chi connectivity index (χ1n) is 3.39. The van der Waals surface area contributed by atoms with Gasteiger partial charge in [-0.3, -0.25) is 9.59 Å². The predicted octanol–water partition coefficient (Wildman–Crippen LogP) is 1.21. The number of ketones is 2. The van der Waals surface area contributed by atoms with Gasteiger partial charge in [-0.15, -0.1) is 0 Å². The van der Waals surface area contributed by atoms with Crippen LogP contribution in [0, 0.1) is 25.2 Å². The zero-order valence-electron chi connectivity index (χ0n) is 7.05. The largest absolute Gasteiger partial charge is 0.299 e. The monoisotopic (exact) mass is 152 g/mol. The molecular formula is C9H12O2. The van der Waals surface area contributed by atoms with Crippen LogP contribution in [0.3, 0.4) is 0 Å². The van der Waals surface area contributed by atoms with E-state index in [1.165, 1.54) is 6.92 Å². The maximum Gasteiger partial charge on any atom is 0.148 e. The maximum absolute atomic E-state index is 11.2. The van der Waals surface area contributed by atoms with Gasteiger partial charge in [0.25, 0.3) is 0 Å². The molecule has 0 aliphatic heterocycles. The van der Waals surface area contributed by atoms with Crippen LogP contribution in [0.15, 0.2) is 0 Å². The highest BCUT2D eigenvalue weighted by Gasteiger charge is 2.29. The molecule has 0 amide bonds. The minimum Gasteiger partial charge on any atom is -0.299 e. The van der Waals surface area contributed by atoms with Crippen molar-refractivity contribution in [3.05, 3.63) is 13.8 Å². The van der Waals surface area contributed by atoms with Crippen LogP contribution in [0.2, 0.25) is 0 Å². The van der Waals surface area contributed by atoms with Crippen LogP contribution in [-0.4, -0.2) is 11.6 Å². The molecule has 0 bridgehead atoms. The first-order chi connectivity index (χ1) is 4.76. The third-order valence-electron chi connectivity index (χ3n) is 1.46. The van der Waals surface area contributed by atoms with Gasteiger partial charge in [0.1, 0.15) is 11.6 Å². The lowest BCUT2D eigenvalue weighted by molar-refractivity contribution is -0.134. The third-order valence-corrected chi connectivity index (χ3v) is 1.46. The van der Waals surface area contributed by atoms with Gasteiger partial charge in [-0.25, -0.2) is 0 Å². The van der Waals surface area contributed by atoms with Crippen LogP contribution >= 0.6 is 0 Å². The van der Waals surface area contributed by atoms with Crippen LogP contribution in [0.25, 0.3) is 0 Å². The van der Waals surface area contributed by atoms with Gasteiger partial charge in [-0.1, -0.05) is 13.8 Å². The van der Waals surface area contributed by atoms with Crippen LogP contribution in [0.4, 0.5) is 0 Å². The molecular weight excluding hydrogens is 140 g/mol. The van der Waals surface area contributed by atoms with E-state index in [2.05, 4.69) is 0 Å². The van der Waals surface area contributed by atoms with Crippen molar-refractivity contribution in [2.45, 2.75) is 20.8 Å². The fraction of sp³-hybridized carbons (Fsp3) is 0.556. The van der Waals surface area contributed by atoms with E-state index in [9.17, 15) is 9.59 Å². The summed E-state index contributed by atoms with van der Waals surface area (Å²) in [6.45, 7) is 14.9. The quantitative estimate of drug-likeness (QED) is 0.569. The Balaban J connectivity index is 4.39. The SMILES string of the molecule is [CH]C(=O)C(C)C(=O)C([CH])(C)C. The summed E-state index contributed by atoms with van der Waals surface area (Å²) < 4.78 is 0. The third kappa shape index (κ3) is 2.83. The second-order valence-corrected chi connectivity index (χ2v) is 3.21. The molecule has 60 valence electrons. The number of carbonyl (C=O) groups is 2. The number of hydrogen-bond acceptors (Lipinski definition) is 2. The Morgan fingerprint density at radius 3 is 1.82 bits per heavy atom. The van der Waals surface area contributed by atoms with E-state index in [0.717, 1.165) is 0 Å². The van der Waals surface area contributed by atoms with Gasteiger partial charge in [-0.05, 0) is 13.8 Å². The molecule has 0 aromatic heterocycles. The fourth-order valence-electron chi connectivity index (χ4n) is 0.687. The molecule has 0 aliphatic carbocycles. The van der Waals surface area contributed by atoms with Crippen molar-refractivity contribution in [1.29, 1.82) is 0 Å². The van der Waals surface area contributed by atoms with Crippen molar-refractivity contribution in [1.82, 2.24) is 0 Å². The molecule has 0 fully saturated rings. The fourth-order valence-corrected chi connectivity index (χ4v) is 0.687. The summed E-state index contributed by atoms with van der Waals surface area (Å²) in [5.74, 6) is -1.76. The molecule has 0 aromatic rings. The highest BCUT2D eigenvalue weighted by molar-refractivity contribution is 6.06. The lowest BCUT2D eigenvalue weighted by atomic mass is 9.82. The van der Waals surface area contributed by atoms with Crippen molar-refractivity contribution >= 4 is 11.6 Å². The summed E-state index contributed by atoms with van der Waals surface area (Å²) in [6.07, 6.45) is 0. The van der Waals surface area contributed by atoms with Crippen LogP contribution in [-0.2, 0) is 9.59 Å². The molecule has 0 rings (SSSR count). The van der Waals surface area contributed by atoms with Crippen LogP contribution in [0.1, 0.15) is 20.8 Å². The Kier molecular flexibility index (Phi) is 2.97. The molecule has 0 saturated carbocycles. The highest BCUT2D eigenvalue weighted by Crippen LogP contribution is 2.19. The van der Waals surface area contributed by atoms with E-state index < -0.39 is 17.1 Å². The van der Waals surface area contributed by atoms with Crippen molar-refractivity contribution in [3.63, 3.8) is 0 Å². The van der Waals surface area contributed by atoms with E-state index in [-0.39, 0.29) is 5.78 Å². The van der Waals surface area contributed by atoms with E-state index in [1.54, 1.807) is 13.8 Å². The lowest BCUT2D eigenvalue weighted by Crippen LogP contribution is -2.30. The first-order valence-corrected chi connectivity index (χ1v) is 3.39. The number of rotatable bonds is 3. The molecule has 2 heteroatoms. The van der Waals surface area contributed by atoms with Gasteiger partial charge >= 0.3 is 0 Å². The van der Waals surface area contributed by atoms with Gasteiger partial charge in [0.05, 0.1) is 5.92 Å². The van der Waals surface area contributed by atoms with Crippen LogP contribution < -0.4 is 0 Å². The normalized spacial score (nSPS) is 14.3. The second kappa shape index (κ2) is 3.16. The molecule has 0 heterocycles. The van der Waals surface area contributed by atoms with Crippen molar-refractivity contribution < 1.29 is 9.59 Å². The van der Waals surface area contributed by atoms with E-state index in [4.69, 9.17) is 13.8 Å². The molecule has 0 aliphatic rings. The summed E-state index contributed by atoms with van der Waals surface area (Å²) in [5, 5.41) is 0. The molecule has 0 N–H and O–H groups in total. The minimum atomic E-state index is -0.978. The molecule has 2 nitrogen and oxygen atoms in total. The lowest BCUT2D eigenvalue weighted by Gasteiger charge is -2.19. The zero-order chi connectivity index (χ0) is 9.23. The Morgan fingerprint density at radius 1 is 1.36 bits per heavy atom. The molecule has 0 aromatic carbocycles. The van der Waals surface area contributed by atoms with Crippen molar-refractivity contribution in [2.75, 3.05) is 0 Å². The average molecular weight is 152 g/mol. The van der Waals surface area contributed by atoms with Gasteiger partial charge < -0.3 is 0 Å². The van der Waals surface area contributed by atoms with E-state index in [0.29, 0.717) is 0 Å². The van der Waals surface area contributed by atoms with Gasteiger partial charge in [0, 0.05) is 12.3 Å². The Labute approximate surface area is 68.0 Å². The van der Waals surface area contributed by atoms with E-state index in [1.807, 2.05) is 0 Å². The summed E-state index contributed by atoms with van der Waals surface area (Å²) in [6, 6.07) is 0. The topological polar surface area (TPSA) is 34.1 Å². The summed E-state index contributed by atoms with van der Waals surface area (Å²) >= 11 is 0. The van der Waals surface area contributed by atoms with Gasteiger partial charge in [0.2, 0.25) is 0 Å². The Hall–Kier alpha value is -0.660. The summed E-state index contributed by atoms with van der Waals surface area (Å²) in [5.41, 5.74) is -0.978. The molecule has 1 atom stereocenters. The molecule has 11 heavy (non-hydrogen) atoms. The second-order valence-electron chi connectivity index (χ2n) is 3.21. The number of Topliss-reactive ketones (excluding diaryl/α,β-unsaturated/α-hetero) is 2. The van der Waals surface area contributed by atoms with Gasteiger partial charge in [0.15, 0.2) is 0 Å². The average Bonchev–Trinajstić information content (AvgIpc) is 1.82. The van der Waals surface area contributed by atoms with Gasteiger partial charge in [-0.2, -0.15) is 0 Å². The van der Waals surface area contributed by atoms with Crippen LogP contribution in [0.5, 0.6) is 0 Å². The molecule has 4 radical (unpaired) electrons. The van der Waals surface area contributed by atoms with Crippen molar-refractivity contribution in [2.24, 2.45) is 11.3 Å². The minimum absolute atomic E-state index is 0.329. The molecule has 0 saturated heterocycles. The Bertz CT molecular complexity index is 174.